The van der Waals surface area contributed by atoms with Crippen molar-refractivity contribution in [1.29, 1.82) is 0 Å². The molecule has 1 aliphatic heterocycles. The molecule has 0 saturated carbocycles. The van der Waals surface area contributed by atoms with E-state index in [1.807, 2.05) is 43.4 Å². The predicted octanol–water partition coefficient (Wildman–Crippen LogP) is 4.50. The summed E-state index contributed by atoms with van der Waals surface area (Å²) in [5.74, 6) is 0. The van der Waals surface area contributed by atoms with E-state index in [0.717, 1.165) is 29.7 Å². The number of hydrogen-bond donors (Lipinski definition) is 1. The van der Waals surface area contributed by atoms with Gasteiger partial charge in [-0.3, -0.25) is 4.98 Å². The van der Waals surface area contributed by atoms with Crippen molar-refractivity contribution in [3.63, 3.8) is 0 Å². The first-order valence-electron chi connectivity index (χ1n) is 9.41. The Morgan fingerprint density at radius 1 is 1.07 bits per heavy atom. The third-order valence-corrected chi connectivity index (χ3v) is 5.07. The van der Waals surface area contributed by atoms with E-state index < -0.39 is 0 Å². The van der Waals surface area contributed by atoms with Crippen molar-refractivity contribution < 1.29 is 4.79 Å². The summed E-state index contributed by atoms with van der Waals surface area (Å²) in [5.41, 5.74) is 3.95. The van der Waals surface area contributed by atoms with Crippen LogP contribution in [-0.2, 0) is 6.54 Å². The predicted molar refractivity (Wildman–Crippen MR) is 110 cm³/mol. The molecule has 1 aliphatic rings. The van der Waals surface area contributed by atoms with Crippen molar-refractivity contribution in [3.05, 3.63) is 66.4 Å². The topological polar surface area (TPSA) is 48.5 Å². The fourth-order valence-corrected chi connectivity index (χ4v) is 3.65. The number of pyridine rings is 1. The van der Waals surface area contributed by atoms with Crippen LogP contribution in [-0.4, -0.2) is 36.1 Å². The number of nitrogens with one attached hydrogen (secondary N) is 1. The molecule has 2 heterocycles. The van der Waals surface area contributed by atoms with Gasteiger partial charge in [0.05, 0.1) is 11.2 Å². The summed E-state index contributed by atoms with van der Waals surface area (Å²) in [6, 6.07) is 17.9. The second-order valence-corrected chi connectivity index (χ2v) is 6.99. The van der Waals surface area contributed by atoms with Crippen molar-refractivity contribution in [3.8, 4) is 0 Å². The maximum Gasteiger partial charge on any atom is 0.321 e. The Bertz CT molecular complexity index is 944. The van der Waals surface area contributed by atoms with Crippen LogP contribution < -0.4 is 10.2 Å². The zero-order valence-corrected chi connectivity index (χ0v) is 15.6. The summed E-state index contributed by atoms with van der Waals surface area (Å²) in [6.07, 6.45) is 4.21. The molecule has 0 bridgehead atoms. The minimum absolute atomic E-state index is 0.135. The normalized spacial score (nSPS) is 13.7. The highest BCUT2D eigenvalue weighted by Gasteiger charge is 2.18. The molecule has 4 rings (SSSR count). The summed E-state index contributed by atoms with van der Waals surface area (Å²) in [5, 5.41) is 4.02. The van der Waals surface area contributed by atoms with Gasteiger partial charge >= 0.3 is 6.03 Å². The Balaban J connectivity index is 1.50. The van der Waals surface area contributed by atoms with Crippen LogP contribution in [0.1, 0.15) is 18.4 Å². The van der Waals surface area contributed by atoms with Crippen LogP contribution in [0.5, 0.6) is 0 Å². The molecule has 1 N–H and O–H groups in total. The lowest BCUT2D eigenvalue weighted by atomic mass is 10.1. The van der Waals surface area contributed by atoms with Crippen molar-refractivity contribution in [1.82, 2.24) is 9.88 Å². The highest BCUT2D eigenvalue weighted by molar-refractivity contribution is 5.99. The average Bonchev–Trinajstić information content (AvgIpc) is 3.23. The van der Waals surface area contributed by atoms with E-state index in [4.69, 9.17) is 0 Å². The number of hydrogen-bond acceptors (Lipinski definition) is 3. The molecule has 5 heteroatoms. The Kier molecular flexibility index (Phi) is 4.92. The molecule has 1 saturated heterocycles. The molecule has 0 aliphatic carbocycles. The molecule has 0 unspecified atom stereocenters. The lowest BCUT2D eigenvalue weighted by Gasteiger charge is -2.24. The molecule has 0 atom stereocenters. The van der Waals surface area contributed by atoms with E-state index in [1.165, 1.54) is 24.1 Å². The SMILES string of the molecule is CN(Cc1ccccc1N1CCCC1)C(=O)Nc1cccc2cccnc12. The molecule has 0 spiro atoms. The highest BCUT2D eigenvalue weighted by Crippen LogP contribution is 2.26. The summed E-state index contributed by atoms with van der Waals surface area (Å²) in [4.78, 5) is 21.3. The quantitative estimate of drug-likeness (QED) is 0.745. The fourth-order valence-electron chi connectivity index (χ4n) is 3.65. The van der Waals surface area contributed by atoms with E-state index in [-0.39, 0.29) is 6.03 Å². The maximum absolute atomic E-state index is 12.8. The lowest BCUT2D eigenvalue weighted by Crippen LogP contribution is -2.31. The number of para-hydroxylation sites is 2. The van der Waals surface area contributed by atoms with Gasteiger partial charge in [-0.15, -0.1) is 0 Å². The van der Waals surface area contributed by atoms with Gasteiger partial charge in [-0.2, -0.15) is 0 Å². The molecule has 3 aromatic rings. The molecule has 138 valence electrons. The molecule has 27 heavy (non-hydrogen) atoms. The van der Waals surface area contributed by atoms with Gasteiger partial charge in [0, 0.05) is 44.0 Å². The van der Waals surface area contributed by atoms with Gasteiger partial charge in [0.2, 0.25) is 0 Å². The van der Waals surface area contributed by atoms with Crippen LogP contribution in [0.3, 0.4) is 0 Å². The average molecular weight is 360 g/mol. The number of fused-ring (bicyclic) bond motifs is 1. The van der Waals surface area contributed by atoms with Crippen molar-refractivity contribution in [2.75, 3.05) is 30.4 Å². The van der Waals surface area contributed by atoms with Gasteiger partial charge in [0.25, 0.3) is 0 Å². The summed E-state index contributed by atoms with van der Waals surface area (Å²) in [6.45, 7) is 2.75. The smallest absolute Gasteiger partial charge is 0.321 e. The summed E-state index contributed by atoms with van der Waals surface area (Å²) < 4.78 is 0. The molecule has 2 aromatic carbocycles. The molecule has 2 amide bonds. The van der Waals surface area contributed by atoms with E-state index in [1.54, 1.807) is 11.1 Å². The first-order chi connectivity index (χ1) is 13.2. The van der Waals surface area contributed by atoms with Gasteiger partial charge in [-0.1, -0.05) is 36.4 Å². The van der Waals surface area contributed by atoms with Crippen molar-refractivity contribution in [2.24, 2.45) is 0 Å². The third-order valence-electron chi connectivity index (χ3n) is 5.07. The number of aromatic nitrogens is 1. The number of carbonyl (C=O) groups excluding carboxylic acids is 1. The number of nitrogens with zero attached hydrogens (tertiary/aromatic N) is 3. The minimum atomic E-state index is -0.135. The number of anilines is 2. The molecule has 1 aromatic heterocycles. The highest BCUT2D eigenvalue weighted by atomic mass is 16.2. The van der Waals surface area contributed by atoms with Gasteiger partial charge in [-0.25, -0.2) is 4.79 Å². The molecular weight excluding hydrogens is 336 g/mol. The molecule has 5 nitrogen and oxygen atoms in total. The summed E-state index contributed by atoms with van der Waals surface area (Å²) >= 11 is 0. The summed E-state index contributed by atoms with van der Waals surface area (Å²) in [7, 11) is 1.83. The molecule has 0 radical (unpaired) electrons. The standard InChI is InChI=1S/C22H24N4O/c1-25(16-18-8-2-3-12-20(18)26-14-4-5-15-26)22(27)24-19-11-6-9-17-10-7-13-23-21(17)19/h2-3,6-13H,4-5,14-16H2,1H3,(H,24,27). The first-order valence-corrected chi connectivity index (χ1v) is 9.41. The van der Waals surface area contributed by atoms with E-state index in [2.05, 4.69) is 33.4 Å². The van der Waals surface area contributed by atoms with E-state index in [9.17, 15) is 4.79 Å². The van der Waals surface area contributed by atoms with E-state index >= 15 is 0 Å². The maximum atomic E-state index is 12.8. The Morgan fingerprint density at radius 2 is 1.85 bits per heavy atom. The zero-order valence-electron chi connectivity index (χ0n) is 15.6. The van der Waals surface area contributed by atoms with Crippen molar-refractivity contribution >= 4 is 28.3 Å². The first kappa shape index (κ1) is 17.3. The van der Waals surface area contributed by atoms with Gasteiger partial charge in [-0.05, 0) is 36.6 Å². The number of urea groups is 1. The number of carbonyl (C=O) groups is 1. The second kappa shape index (κ2) is 7.66. The van der Waals surface area contributed by atoms with Crippen LogP contribution in [0.4, 0.5) is 16.2 Å². The number of benzene rings is 2. The number of amides is 2. The van der Waals surface area contributed by atoms with Gasteiger partial charge in [0.1, 0.15) is 0 Å². The van der Waals surface area contributed by atoms with Crippen LogP contribution in [0.15, 0.2) is 60.8 Å². The van der Waals surface area contributed by atoms with Crippen LogP contribution in [0, 0.1) is 0 Å². The third kappa shape index (κ3) is 3.72. The Labute approximate surface area is 159 Å². The minimum Gasteiger partial charge on any atom is -0.371 e. The fraction of sp³-hybridized carbons (Fsp3) is 0.273. The lowest BCUT2D eigenvalue weighted by molar-refractivity contribution is 0.221. The van der Waals surface area contributed by atoms with Crippen LogP contribution in [0.25, 0.3) is 10.9 Å². The van der Waals surface area contributed by atoms with E-state index in [0.29, 0.717) is 6.54 Å². The van der Waals surface area contributed by atoms with Gasteiger partial charge < -0.3 is 15.1 Å². The molecule has 1 fully saturated rings. The largest absolute Gasteiger partial charge is 0.371 e. The van der Waals surface area contributed by atoms with Crippen LogP contribution >= 0.6 is 0 Å². The van der Waals surface area contributed by atoms with Crippen LogP contribution in [0.2, 0.25) is 0 Å². The Hall–Kier alpha value is -3.08. The molecular formula is C22H24N4O. The number of rotatable bonds is 4. The Morgan fingerprint density at radius 3 is 2.70 bits per heavy atom. The zero-order chi connectivity index (χ0) is 18.6. The monoisotopic (exact) mass is 360 g/mol. The van der Waals surface area contributed by atoms with Crippen molar-refractivity contribution in [2.45, 2.75) is 19.4 Å². The van der Waals surface area contributed by atoms with Gasteiger partial charge in [0.15, 0.2) is 0 Å². The second-order valence-electron chi connectivity index (χ2n) is 6.99.